The van der Waals surface area contributed by atoms with Crippen molar-refractivity contribution in [2.24, 2.45) is 0 Å². The van der Waals surface area contributed by atoms with Crippen LogP contribution in [-0.4, -0.2) is 30.3 Å². The zero-order valence-corrected chi connectivity index (χ0v) is 13.4. The van der Waals surface area contributed by atoms with E-state index in [-0.39, 0.29) is 15.8 Å². The molecule has 3 rings (SSSR count). The van der Waals surface area contributed by atoms with Gasteiger partial charge in [-0.25, -0.2) is 13.2 Å². The lowest BCUT2D eigenvalue weighted by Crippen LogP contribution is -2.31. The minimum absolute atomic E-state index is 0.0940. The van der Waals surface area contributed by atoms with Crippen molar-refractivity contribution in [2.75, 3.05) is 6.54 Å². The van der Waals surface area contributed by atoms with Crippen LogP contribution >= 0.6 is 22.7 Å². The van der Waals surface area contributed by atoms with E-state index >= 15 is 0 Å². The van der Waals surface area contributed by atoms with E-state index in [1.807, 2.05) is 17.5 Å². The summed E-state index contributed by atoms with van der Waals surface area (Å²) >= 11 is 2.47. The minimum Gasteiger partial charge on any atom is -0.477 e. The molecule has 1 atom stereocenters. The summed E-state index contributed by atoms with van der Waals surface area (Å²) in [6.45, 7) is 0.430. The SMILES string of the molecule is O=C(O)c1sccc1S(=O)(=O)N1CCCC1c1cccs1. The Morgan fingerprint density at radius 2 is 2.10 bits per heavy atom. The third kappa shape index (κ3) is 2.52. The number of sulfonamides is 1. The van der Waals surface area contributed by atoms with Crippen LogP contribution in [0.4, 0.5) is 0 Å². The second-order valence-electron chi connectivity index (χ2n) is 4.71. The van der Waals surface area contributed by atoms with E-state index in [9.17, 15) is 13.2 Å². The van der Waals surface area contributed by atoms with Gasteiger partial charge in [0.25, 0.3) is 0 Å². The largest absolute Gasteiger partial charge is 0.477 e. The summed E-state index contributed by atoms with van der Waals surface area (Å²) in [5.74, 6) is -1.20. The van der Waals surface area contributed by atoms with Crippen molar-refractivity contribution in [3.63, 3.8) is 0 Å². The molecule has 2 aromatic rings. The van der Waals surface area contributed by atoms with E-state index < -0.39 is 16.0 Å². The Balaban J connectivity index is 2.01. The van der Waals surface area contributed by atoms with Crippen molar-refractivity contribution in [3.05, 3.63) is 38.7 Å². The van der Waals surface area contributed by atoms with Gasteiger partial charge in [0.1, 0.15) is 9.77 Å². The number of thiophene rings is 2. The highest BCUT2D eigenvalue weighted by molar-refractivity contribution is 7.89. The lowest BCUT2D eigenvalue weighted by atomic mass is 10.2. The lowest BCUT2D eigenvalue weighted by Gasteiger charge is -2.23. The molecule has 21 heavy (non-hydrogen) atoms. The quantitative estimate of drug-likeness (QED) is 0.926. The van der Waals surface area contributed by atoms with Gasteiger partial charge >= 0.3 is 5.97 Å². The number of aromatic carboxylic acids is 1. The van der Waals surface area contributed by atoms with Crippen LogP contribution in [0.25, 0.3) is 0 Å². The minimum atomic E-state index is -3.78. The van der Waals surface area contributed by atoms with Crippen molar-refractivity contribution in [2.45, 2.75) is 23.8 Å². The highest BCUT2D eigenvalue weighted by Gasteiger charge is 2.38. The first-order valence-corrected chi connectivity index (χ1v) is 9.58. The van der Waals surface area contributed by atoms with Gasteiger partial charge in [-0.1, -0.05) is 6.07 Å². The summed E-state index contributed by atoms with van der Waals surface area (Å²) in [5.41, 5.74) is 0. The molecule has 0 aromatic carbocycles. The molecule has 2 aromatic heterocycles. The maximum absolute atomic E-state index is 12.8. The molecule has 112 valence electrons. The first-order chi connectivity index (χ1) is 10.0. The summed E-state index contributed by atoms with van der Waals surface area (Å²) in [6, 6.07) is 5.02. The van der Waals surface area contributed by atoms with Crippen molar-refractivity contribution in [1.82, 2.24) is 4.31 Å². The Morgan fingerprint density at radius 3 is 2.76 bits per heavy atom. The number of nitrogens with zero attached hydrogens (tertiary/aromatic N) is 1. The summed E-state index contributed by atoms with van der Waals surface area (Å²) in [5, 5.41) is 12.6. The second-order valence-corrected chi connectivity index (χ2v) is 8.46. The third-order valence-corrected chi connectivity index (χ3v) is 7.44. The molecule has 0 bridgehead atoms. The van der Waals surface area contributed by atoms with Gasteiger partial charge in [-0.3, -0.25) is 0 Å². The molecule has 0 radical (unpaired) electrons. The third-order valence-electron chi connectivity index (χ3n) is 3.49. The number of hydrogen-bond donors (Lipinski definition) is 1. The van der Waals surface area contributed by atoms with E-state index in [1.54, 1.807) is 0 Å². The lowest BCUT2D eigenvalue weighted by molar-refractivity contribution is 0.0698. The average Bonchev–Trinajstić information content (AvgIpc) is 3.18. The van der Waals surface area contributed by atoms with E-state index in [0.29, 0.717) is 6.54 Å². The van der Waals surface area contributed by atoms with Gasteiger partial charge in [0, 0.05) is 11.4 Å². The van der Waals surface area contributed by atoms with Gasteiger partial charge in [-0.05, 0) is 35.7 Å². The van der Waals surface area contributed by atoms with Crippen molar-refractivity contribution >= 4 is 38.7 Å². The summed E-state index contributed by atoms with van der Waals surface area (Å²) in [4.78, 5) is 12.0. The van der Waals surface area contributed by atoms with Gasteiger partial charge in [0.2, 0.25) is 10.0 Å². The number of carboxylic acids is 1. The van der Waals surface area contributed by atoms with Gasteiger partial charge in [-0.15, -0.1) is 22.7 Å². The molecular weight excluding hydrogens is 330 g/mol. The fraction of sp³-hybridized carbons (Fsp3) is 0.308. The maximum Gasteiger partial charge on any atom is 0.347 e. The van der Waals surface area contributed by atoms with Crippen molar-refractivity contribution in [1.29, 1.82) is 0 Å². The predicted molar refractivity (Wildman–Crippen MR) is 81.5 cm³/mol. The molecule has 0 aliphatic carbocycles. The molecular formula is C13H13NO4S3. The van der Waals surface area contributed by atoms with E-state index in [4.69, 9.17) is 5.11 Å². The van der Waals surface area contributed by atoms with Gasteiger partial charge < -0.3 is 5.11 Å². The second kappa shape index (κ2) is 5.53. The van der Waals surface area contributed by atoms with Crippen LogP contribution in [0.2, 0.25) is 0 Å². The Hall–Kier alpha value is -1.22. The summed E-state index contributed by atoms with van der Waals surface area (Å²) < 4.78 is 27.0. The molecule has 0 spiro atoms. The molecule has 1 aliphatic rings. The molecule has 1 unspecified atom stereocenters. The van der Waals surface area contributed by atoms with Crippen LogP contribution in [0.1, 0.15) is 33.4 Å². The highest BCUT2D eigenvalue weighted by atomic mass is 32.2. The standard InChI is InChI=1S/C13H13NO4S3/c15-13(16)12-11(5-8-20-12)21(17,18)14-6-1-3-9(14)10-4-2-7-19-10/h2,4-5,7-9H,1,3,6H2,(H,15,16). The molecule has 0 saturated carbocycles. The molecule has 5 nitrogen and oxygen atoms in total. The Kier molecular flexibility index (Phi) is 3.87. The fourth-order valence-electron chi connectivity index (χ4n) is 2.58. The summed E-state index contributed by atoms with van der Waals surface area (Å²) in [6.07, 6.45) is 1.56. The number of carboxylic acid groups (broad SMARTS) is 1. The number of rotatable bonds is 4. The fourth-order valence-corrected chi connectivity index (χ4v) is 6.43. The van der Waals surface area contributed by atoms with Gasteiger partial charge in [-0.2, -0.15) is 4.31 Å². The molecule has 8 heteroatoms. The predicted octanol–water partition coefficient (Wildman–Crippen LogP) is 3.03. The average molecular weight is 343 g/mol. The van der Waals surface area contributed by atoms with Crippen LogP contribution in [-0.2, 0) is 10.0 Å². The molecule has 0 amide bonds. The van der Waals surface area contributed by atoms with Gasteiger partial charge in [0.05, 0.1) is 6.04 Å². The topological polar surface area (TPSA) is 74.7 Å². The molecule has 1 saturated heterocycles. The summed E-state index contributed by atoms with van der Waals surface area (Å²) in [7, 11) is -3.78. The zero-order valence-electron chi connectivity index (χ0n) is 10.9. The first-order valence-electron chi connectivity index (χ1n) is 6.38. The highest BCUT2D eigenvalue weighted by Crippen LogP contribution is 2.39. The van der Waals surface area contributed by atoms with Crippen molar-refractivity contribution < 1.29 is 18.3 Å². The molecule has 3 heterocycles. The normalized spacial score (nSPS) is 19.9. The number of hydrogen-bond acceptors (Lipinski definition) is 5. The van der Waals surface area contributed by atoms with Crippen LogP contribution < -0.4 is 0 Å². The van der Waals surface area contributed by atoms with Crippen LogP contribution in [0.3, 0.4) is 0 Å². The molecule has 1 aliphatic heterocycles. The van der Waals surface area contributed by atoms with E-state index in [2.05, 4.69) is 0 Å². The van der Waals surface area contributed by atoms with Crippen molar-refractivity contribution in [3.8, 4) is 0 Å². The Morgan fingerprint density at radius 1 is 1.29 bits per heavy atom. The van der Waals surface area contributed by atoms with Crippen LogP contribution in [0.5, 0.6) is 0 Å². The van der Waals surface area contributed by atoms with E-state index in [0.717, 1.165) is 29.1 Å². The Bertz CT molecular complexity index is 748. The number of carbonyl (C=O) groups is 1. The maximum atomic E-state index is 12.8. The smallest absolute Gasteiger partial charge is 0.347 e. The molecule has 1 N–H and O–H groups in total. The molecule has 1 fully saturated rings. The van der Waals surface area contributed by atoms with Crippen LogP contribution in [0.15, 0.2) is 33.9 Å². The zero-order chi connectivity index (χ0) is 15.0. The van der Waals surface area contributed by atoms with Crippen LogP contribution in [0, 0.1) is 0 Å². The Labute approximate surface area is 130 Å². The first kappa shape index (κ1) is 14.7. The van der Waals surface area contributed by atoms with E-state index in [1.165, 1.54) is 27.1 Å². The monoisotopic (exact) mass is 343 g/mol. The van der Waals surface area contributed by atoms with Gasteiger partial charge in [0.15, 0.2) is 0 Å².